The first-order chi connectivity index (χ1) is 19.0. The Labute approximate surface area is 247 Å². The Hall–Kier alpha value is -3.32. The van der Waals surface area contributed by atoms with Crippen molar-refractivity contribution in [2.75, 3.05) is 13.7 Å². The maximum Gasteiger partial charge on any atom is 0.261 e. The van der Waals surface area contributed by atoms with E-state index in [-0.39, 0.29) is 36.4 Å². The molecule has 3 aromatic rings. The Balaban J connectivity index is 1.93. The van der Waals surface area contributed by atoms with Gasteiger partial charge in [0.25, 0.3) is 5.91 Å². The molecule has 214 valence electrons. The van der Waals surface area contributed by atoms with Crippen molar-refractivity contribution < 1.29 is 19.1 Å². The number of methoxy groups -OCH3 is 1. The predicted molar refractivity (Wildman–Crippen MR) is 164 cm³/mol. The zero-order valence-corrected chi connectivity index (χ0v) is 26.0. The molecule has 0 bridgehead atoms. The molecule has 7 heteroatoms. The lowest BCUT2D eigenvalue weighted by Crippen LogP contribution is -2.53. The lowest BCUT2D eigenvalue weighted by atomic mass is 9.87. The van der Waals surface area contributed by atoms with Crippen molar-refractivity contribution >= 4 is 27.7 Å². The standard InChI is InChI=1S/C33H41BrN2O4/c1-7-23(2)35-32(38)29(19-24-12-9-8-10-13-24)36(21-25-14-11-15-27(18-25)39-6)31(37)22-40-30-17-16-26(20-28(30)34)33(3,4)5/h8-18,20,23,29H,7,19,21-22H2,1-6H3,(H,35,38)/t23-,29-/m0/s1. The van der Waals surface area contributed by atoms with E-state index < -0.39 is 6.04 Å². The highest BCUT2D eigenvalue weighted by atomic mass is 79.9. The molecule has 40 heavy (non-hydrogen) atoms. The summed E-state index contributed by atoms with van der Waals surface area (Å²) >= 11 is 3.60. The summed E-state index contributed by atoms with van der Waals surface area (Å²) in [6.07, 6.45) is 1.16. The van der Waals surface area contributed by atoms with E-state index >= 15 is 0 Å². The molecule has 0 aromatic heterocycles. The summed E-state index contributed by atoms with van der Waals surface area (Å²) in [5.74, 6) is 0.791. The number of hydrogen-bond acceptors (Lipinski definition) is 4. The van der Waals surface area contributed by atoms with Gasteiger partial charge in [-0.25, -0.2) is 0 Å². The summed E-state index contributed by atoms with van der Waals surface area (Å²) in [7, 11) is 1.61. The molecule has 1 N–H and O–H groups in total. The van der Waals surface area contributed by atoms with Crippen molar-refractivity contribution in [1.82, 2.24) is 10.2 Å². The summed E-state index contributed by atoms with van der Waals surface area (Å²) in [5, 5.41) is 3.09. The van der Waals surface area contributed by atoms with E-state index in [2.05, 4.69) is 42.0 Å². The monoisotopic (exact) mass is 608 g/mol. The summed E-state index contributed by atoms with van der Waals surface area (Å²) in [5.41, 5.74) is 2.97. The van der Waals surface area contributed by atoms with E-state index in [0.717, 1.165) is 27.6 Å². The fourth-order valence-electron chi connectivity index (χ4n) is 4.27. The first-order valence-electron chi connectivity index (χ1n) is 13.7. The summed E-state index contributed by atoms with van der Waals surface area (Å²) in [6.45, 7) is 10.4. The zero-order valence-electron chi connectivity index (χ0n) is 24.4. The van der Waals surface area contributed by atoms with Crippen LogP contribution in [0.15, 0.2) is 77.3 Å². The minimum atomic E-state index is -0.731. The maximum absolute atomic E-state index is 13.9. The number of carbonyl (C=O) groups excluding carboxylic acids is 2. The third kappa shape index (κ3) is 8.85. The van der Waals surface area contributed by atoms with Gasteiger partial charge in [-0.05, 0) is 75.6 Å². The van der Waals surface area contributed by atoms with Gasteiger partial charge < -0.3 is 19.7 Å². The van der Waals surface area contributed by atoms with Crippen molar-refractivity contribution in [1.29, 1.82) is 0 Å². The quantitative estimate of drug-likeness (QED) is 0.249. The highest BCUT2D eigenvalue weighted by Crippen LogP contribution is 2.31. The summed E-state index contributed by atoms with van der Waals surface area (Å²) in [4.78, 5) is 29.2. The molecule has 2 atom stereocenters. The minimum Gasteiger partial charge on any atom is -0.497 e. The maximum atomic E-state index is 13.9. The molecule has 0 aliphatic heterocycles. The molecule has 0 fully saturated rings. The van der Waals surface area contributed by atoms with E-state index in [1.165, 1.54) is 0 Å². The van der Waals surface area contributed by atoms with Gasteiger partial charge in [0.05, 0.1) is 11.6 Å². The largest absolute Gasteiger partial charge is 0.497 e. The van der Waals surface area contributed by atoms with Crippen molar-refractivity contribution in [3.63, 3.8) is 0 Å². The van der Waals surface area contributed by atoms with Gasteiger partial charge >= 0.3 is 0 Å². The highest BCUT2D eigenvalue weighted by Gasteiger charge is 2.31. The fraction of sp³-hybridized carbons (Fsp3) is 0.394. The first-order valence-corrected chi connectivity index (χ1v) is 14.5. The number of halogens is 1. The van der Waals surface area contributed by atoms with Crippen LogP contribution in [0.25, 0.3) is 0 Å². The van der Waals surface area contributed by atoms with E-state index in [1.54, 1.807) is 12.0 Å². The second kappa shape index (κ2) is 14.4. The highest BCUT2D eigenvalue weighted by molar-refractivity contribution is 9.10. The van der Waals surface area contributed by atoms with Crippen molar-refractivity contribution in [2.24, 2.45) is 0 Å². The van der Waals surface area contributed by atoms with Crippen LogP contribution >= 0.6 is 15.9 Å². The topological polar surface area (TPSA) is 67.9 Å². The average Bonchev–Trinajstić information content (AvgIpc) is 2.94. The van der Waals surface area contributed by atoms with Crippen LogP contribution < -0.4 is 14.8 Å². The van der Waals surface area contributed by atoms with Gasteiger partial charge in [0, 0.05) is 19.0 Å². The lowest BCUT2D eigenvalue weighted by molar-refractivity contribution is -0.143. The third-order valence-electron chi connectivity index (χ3n) is 6.91. The van der Waals surface area contributed by atoms with Gasteiger partial charge in [-0.3, -0.25) is 9.59 Å². The van der Waals surface area contributed by atoms with E-state index in [0.29, 0.717) is 17.9 Å². The van der Waals surface area contributed by atoms with Crippen LogP contribution in [-0.4, -0.2) is 42.5 Å². The van der Waals surface area contributed by atoms with Crippen LogP contribution in [0.5, 0.6) is 11.5 Å². The normalized spacial score (nSPS) is 12.8. The fourth-order valence-corrected chi connectivity index (χ4v) is 4.76. The Bertz CT molecular complexity index is 1270. The number of hydrogen-bond donors (Lipinski definition) is 1. The SMILES string of the molecule is CC[C@H](C)NC(=O)[C@H](Cc1ccccc1)N(Cc1cccc(OC)c1)C(=O)COc1ccc(C(C)(C)C)cc1Br. The molecular formula is C33H41BrN2O4. The van der Waals surface area contributed by atoms with Gasteiger partial charge in [0.15, 0.2) is 6.61 Å². The molecule has 0 spiro atoms. The van der Waals surface area contributed by atoms with Crippen LogP contribution in [-0.2, 0) is 28.0 Å². The van der Waals surface area contributed by atoms with Gasteiger partial charge in [0.1, 0.15) is 17.5 Å². The molecule has 0 saturated heterocycles. The molecule has 3 aromatic carbocycles. The Morgan fingerprint density at radius 2 is 1.68 bits per heavy atom. The molecule has 6 nitrogen and oxygen atoms in total. The number of benzene rings is 3. The van der Waals surface area contributed by atoms with Gasteiger partial charge in [-0.1, -0.05) is 76.2 Å². The third-order valence-corrected chi connectivity index (χ3v) is 7.53. The minimum absolute atomic E-state index is 0.0158. The summed E-state index contributed by atoms with van der Waals surface area (Å²) < 4.78 is 12.2. The molecule has 0 unspecified atom stereocenters. The van der Waals surface area contributed by atoms with Crippen LogP contribution in [0, 0.1) is 0 Å². The smallest absolute Gasteiger partial charge is 0.261 e. The van der Waals surface area contributed by atoms with E-state index in [9.17, 15) is 9.59 Å². The molecule has 0 radical (unpaired) electrons. The van der Waals surface area contributed by atoms with Crippen LogP contribution in [0.2, 0.25) is 0 Å². The Morgan fingerprint density at radius 3 is 2.30 bits per heavy atom. The first kappa shape index (κ1) is 31.2. The zero-order chi connectivity index (χ0) is 29.3. The van der Waals surface area contributed by atoms with Crippen molar-refractivity contribution in [2.45, 2.75) is 71.5 Å². The van der Waals surface area contributed by atoms with E-state index in [4.69, 9.17) is 9.47 Å². The molecule has 0 aliphatic carbocycles. The Morgan fingerprint density at radius 1 is 0.975 bits per heavy atom. The number of ether oxygens (including phenoxy) is 2. The summed E-state index contributed by atoms with van der Waals surface area (Å²) in [6, 6.07) is 22.5. The van der Waals surface area contributed by atoms with Gasteiger partial charge in [0.2, 0.25) is 5.91 Å². The van der Waals surface area contributed by atoms with Gasteiger partial charge in [-0.15, -0.1) is 0 Å². The number of nitrogens with one attached hydrogen (secondary N) is 1. The lowest BCUT2D eigenvalue weighted by Gasteiger charge is -2.32. The Kier molecular flexibility index (Phi) is 11.2. The second-order valence-electron chi connectivity index (χ2n) is 11.1. The molecule has 0 aliphatic rings. The molecular weight excluding hydrogens is 568 g/mol. The van der Waals surface area contributed by atoms with Gasteiger partial charge in [-0.2, -0.15) is 0 Å². The van der Waals surface area contributed by atoms with Crippen molar-refractivity contribution in [3.8, 4) is 11.5 Å². The van der Waals surface area contributed by atoms with Crippen LogP contribution in [0.1, 0.15) is 57.7 Å². The van der Waals surface area contributed by atoms with Crippen LogP contribution in [0.4, 0.5) is 0 Å². The van der Waals surface area contributed by atoms with Crippen molar-refractivity contribution in [3.05, 3.63) is 94.0 Å². The van der Waals surface area contributed by atoms with Crippen LogP contribution in [0.3, 0.4) is 0 Å². The molecule has 0 saturated carbocycles. The number of rotatable bonds is 12. The molecule has 3 rings (SSSR count). The van der Waals surface area contributed by atoms with E-state index in [1.807, 2.05) is 86.6 Å². The number of carbonyl (C=O) groups is 2. The number of amides is 2. The second-order valence-corrected chi connectivity index (χ2v) is 11.9. The number of nitrogens with zero attached hydrogens (tertiary/aromatic N) is 1. The predicted octanol–water partition coefficient (Wildman–Crippen LogP) is 6.69. The average molecular weight is 610 g/mol. The molecule has 2 amide bonds. The molecule has 0 heterocycles.